The summed E-state index contributed by atoms with van der Waals surface area (Å²) < 4.78 is 5.33. The number of aromatic nitrogens is 1. The summed E-state index contributed by atoms with van der Waals surface area (Å²) in [5.74, 6) is -1.06. The number of methoxy groups -OCH3 is 1. The molecule has 2 heterocycles. The van der Waals surface area contributed by atoms with Gasteiger partial charge in [-0.15, -0.1) is 11.3 Å². The predicted molar refractivity (Wildman–Crippen MR) is 116 cm³/mol. The number of Topliss-reactive ketones (excluding diaryl/α,β-unsaturated/α-hetero) is 1. The van der Waals surface area contributed by atoms with Crippen LogP contribution < -0.4 is 9.64 Å². The maximum Gasteiger partial charge on any atom is 0.301 e. The fourth-order valence-corrected chi connectivity index (χ4v) is 4.29. The Kier molecular flexibility index (Phi) is 5.13. The van der Waals surface area contributed by atoms with Gasteiger partial charge < -0.3 is 9.84 Å². The second-order valence-corrected chi connectivity index (χ2v) is 7.95. The first-order valence-electron chi connectivity index (χ1n) is 9.34. The van der Waals surface area contributed by atoms with Crippen LogP contribution >= 0.6 is 11.3 Å². The van der Waals surface area contributed by atoms with Crippen LogP contribution in [0.1, 0.15) is 28.3 Å². The Labute approximate surface area is 178 Å². The molecule has 0 aliphatic carbocycles. The van der Waals surface area contributed by atoms with Gasteiger partial charge in [0.2, 0.25) is 0 Å². The van der Waals surface area contributed by atoms with Crippen molar-refractivity contribution < 1.29 is 19.4 Å². The van der Waals surface area contributed by atoms with Crippen LogP contribution in [0.2, 0.25) is 0 Å². The summed E-state index contributed by atoms with van der Waals surface area (Å²) in [7, 11) is 1.55. The van der Waals surface area contributed by atoms with E-state index in [0.29, 0.717) is 22.0 Å². The zero-order valence-electron chi connectivity index (χ0n) is 16.7. The number of nitrogens with zero attached hydrogens (tertiary/aromatic N) is 2. The van der Waals surface area contributed by atoms with Crippen LogP contribution in [-0.4, -0.2) is 28.9 Å². The molecule has 30 heavy (non-hydrogen) atoms. The summed E-state index contributed by atoms with van der Waals surface area (Å²) in [5.41, 5.74) is 2.96. The van der Waals surface area contributed by atoms with Crippen LogP contribution in [0.4, 0.5) is 5.13 Å². The van der Waals surface area contributed by atoms with E-state index in [2.05, 4.69) is 4.98 Å². The number of aliphatic hydroxyl groups is 1. The largest absolute Gasteiger partial charge is 0.507 e. The van der Waals surface area contributed by atoms with Gasteiger partial charge in [0.25, 0.3) is 5.78 Å². The van der Waals surface area contributed by atoms with Gasteiger partial charge in [0.1, 0.15) is 11.5 Å². The number of aliphatic hydroxyl groups excluding tert-OH is 1. The minimum absolute atomic E-state index is 0.0390. The average Bonchev–Trinajstić information content (AvgIpc) is 3.36. The molecule has 0 spiro atoms. The smallest absolute Gasteiger partial charge is 0.301 e. The molecule has 6 nitrogen and oxygen atoms in total. The molecule has 0 saturated carbocycles. The first-order valence-corrected chi connectivity index (χ1v) is 10.2. The van der Waals surface area contributed by atoms with Gasteiger partial charge in [-0.3, -0.25) is 14.5 Å². The number of thiazole rings is 1. The van der Waals surface area contributed by atoms with Crippen LogP contribution in [0, 0.1) is 13.8 Å². The third kappa shape index (κ3) is 3.27. The SMILES string of the molecule is COc1cccc(C2/C(=C(\O)c3cc(C)ccc3C)C(=O)C(=O)N2c2nccs2)c1. The van der Waals surface area contributed by atoms with Crippen molar-refractivity contribution in [3.8, 4) is 5.75 Å². The topological polar surface area (TPSA) is 79.7 Å². The molecule has 2 aromatic carbocycles. The fraction of sp³-hybridized carbons (Fsp3) is 0.174. The van der Waals surface area contributed by atoms with E-state index in [1.165, 1.54) is 16.2 Å². The zero-order chi connectivity index (χ0) is 21.4. The monoisotopic (exact) mass is 420 g/mol. The number of carbonyl (C=O) groups excluding carboxylic acids is 2. The van der Waals surface area contributed by atoms with Crippen molar-refractivity contribution in [2.24, 2.45) is 0 Å². The van der Waals surface area contributed by atoms with Gasteiger partial charge in [-0.2, -0.15) is 0 Å². The number of aryl methyl sites for hydroxylation is 2. The summed E-state index contributed by atoms with van der Waals surface area (Å²) >= 11 is 1.26. The van der Waals surface area contributed by atoms with Crippen molar-refractivity contribution in [3.05, 3.63) is 81.9 Å². The first kappa shape index (κ1) is 19.8. The zero-order valence-corrected chi connectivity index (χ0v) is 17.6. The van der Waals surface area contributed by atoms with E-state index >= 15 is 0 Å². The Hall–Kier alpha value is -3.45. The minimum atomic E-state index is -0.814. The third-order valence-corrected chi connectivity index (χ3v) is 5.90. The normalized spacial score (nSPS) is 18.1. The molecule has 0 bridgehead atoms. The molecule has 1 aromatic heterocycles. The lowest BCUT2D eigenvalue weighted by Crippen LogP contribution is -2.29. The number of carbonyl (C=O) groups is 2. The maximum atomic E-state index is 13.1. The molecule has 1 N–H and O–H groups in total. The highest BCUT2D eigenvalue weighted by molar-refractivity contribution is 7.14. The molecular weight excluding hydrogens is 400 g/mol. The van der Waals surface area contributed by atoms with Crippen LogP contribution in [-0.2, 0) is 9.59 Å². The van der Waals surface area contributed by atoms with Crippen molar-refractivity contribution >= 4 is 33.9 Å². The van der Waals surface area contributed by atoms with E-state index in [1.54, 1.807) is 43.0 Å². The molecule has 1 unspecified atom stereocenters. The van der Waals surface area contributed by atoms with Gasteiger partial charge in [0.15, 0.2) is 5.13 Å². The lowest BCUT2D eigenvalue weighted by molar-refractivity contribution is -0.132. The van der Waals surface area contributed by atoms with Crippen LogP contribution in [0.5, 0.6) is 5.75 Å². The Balaban J connectivity index is 1.98. The molecule has 0 radical (unpaired) electrons. The Bertz CT molecular complexity index is 1170. The van der Waals surface area contributed by atoms with E-state index in [1.807, 2.05) is 32.0 Å². The van der Waals surface area contributed by atoms with Gasteiger partial charge in [-0.25, -0.2) is 4.98 Å². The maximum absolute atomic E-state index is 13.1. The predicted octanol–water partition coefficient (Wildman–Crippen LogP) is 4.39. The van der Waals surface area contributed by atoms with E-state index in [0.717, 1.165) is 11.1 Å². The molecule has 7 heteroatoms. The molecule has 1 amide bonds. The molecule has 1 aliphatic rings. The summed E-state index contributed by atoms with van der Waals surface area (Å²) in [6, 6.07) is 11.9. The molecular formula is C23H20N2O4S. The number of ether oxygens (including phenoxy) is 1. The number of rotatable bonds is 4. The molecule has 152 valence electrons. The Morgan fingerprint density at radius 1 is 1.17 bits per heavy atom. The quantitative estimate of drug-likeness (QED) is 0.385. The molecule has 4 rings (SSSR count). The Morgan fingerprint density at radius 2 is 1.97 bits per heavy atom. The third-order valence-electron chi connectivity index (χ3n) is 5.13. The van der Waals surface area contributed by atoms with Gasteiger partial charge in [0.05, 0.1) is 18.7 Å². The van der Waals surface area contributed by atoms with Crippen molar-refractivity contribution in [1.82, 2.24) is 4.98 Å². The number of hydrogen-bond donors (Lipinski definition) is 1. The minimum Gasteiger partial charge on any atom is -0.507 e. The van der Waals surface area contributed by atoms with Gasteiger partial charge in [0, 0.05) is 17.1 Å². The number of benzene rings is 2. The van der Waals surface area contributed by atoms with Crippen LogP contribution in [0.15, 0.2) is 59.6 Å². The second kappa shape index (κ2) is 7.76. The molecule has 1 aliphatic heterocycles. The van der Waals surface area contributed by atoms with E-state index in [-0.39, 0.29) is 11.3 Å². The van der Waals surface area contributed by atoms with Crippen molar-refractivity contribution in [1.29, 1.82) is 0 Å². The highest BCUT2D eigenvalue weighted by Crippen LogP contribution is 2.43. The average molecular weight is 420 g/mol. The summed E-state index contributed by atoms with van der Waals surface area (Å²) in [5, 5.41) is 13.4. The fourth-order valence-electron chi connectivity index (χ4n) is 3.63. The number of hydrogen-bond acceptors (Lipinski definition) is 6. The number of ketones is 1. The summed E-state index contributed by atoms with van der Waals surface area (Å²) in [6.45, 7) is 3.76. The summed E-state index contributed by atoms with van der Waals surface area (Å²) in [6.07, 6.45) is 1.58. The van der Waals surface area contributed by atoms with E-state index in [9.17, 15) is 14.7 Å². The standard InChI is InChI=1S/C23H20N2O4S/c1-13-7-8-14(2)17(11-13)20(26)18-19(15-5-4-6-16(12-15)29-3)25(22(28)21(18)27)23-24-9-10-30-23/h4-12,19,26H,1-3H3/b20-18+. The van der Waals surface area contributed by atoms with Crippen LogP contribution in [0.3, 0.4) is 0 Å². The number of amides is 1. The lowest BCUT2D eigenvalue weighted by Gasteiger charge is -2.23. The second-order valence-electron chi connectivity index (χ2n) is 7.08. The summed E-state index contributed by atoms with van der Waals surface area (Å²) in [4.78, 5) is 31.7. The molecule has 1 fully saturated rings. The van der Waals surface area contributed by atoms with E-state index in [4.69, 9.17) is 4.74 Å². The highest BCUT2D eigenvalue weighted by atomic mass is 32.1. The van der Waals surface area contributed by atoms with Gasteiger partial charge >= 0.3 is 5.91 Å². The highest BCUT2D eigenvalue weighted by Gasteiger charge is 2.48. The molecule has 3 aromatic rings. The number of anilines is 1. The van der Waals surface area contributed by atoms with Crippen molar-refractivity contribution in [3.63, 3.8) is 0 Å². The first-order chi connectivity index (χ1) is 14.4. The van der Waals surface area contributed by atoms with E-state index < -0.39 is 17.7 Å². The van der Waals surface area contributed by atoms with Gasteiger partial charge in [-0.05, 0) is 43.2 Å². The van der Waals surface area contributed by atoms with Crippen molar-refractivity contribution in [2.75, 3.05) is 12.0 Å². The van der Waals surface area contributed by atoms with Gasteiger partial charge in [-0.1, -0.05) is 29.8 Å². The molecule has 1 saturated heterocycles. The molecule has 1 atom stereocenters. The van der Waals surface area contributed by atoms with Crippen molar-refractivity contribution in [2.45, 2.75) is 19.9 Å². The Morgan fingerprint density at radius 3 is 2.67 bits per heavy atom. The lowest BCUT2D eigenvalue weighted by atomic mass is 9.93. The van der Waals surface area contributed by atoms with Crippen LogP contribution in [0.25, 0.3) is 5.76 Å².